The van der Waals surface area contributed by atoms with Crippen molar-refractivity contribution in [2.45, 2.75) is 67.9 Å². The van der Waals surface area contributed by atoms with Crippen molar-refractivity contribution in [1.82, 2.24) is 9.21 Å². The highest BCUT2D eigenvalue weighted by molar-refractivity contribution is 7.99. The predicted octanol–water partition coefficient (Wildman–Crippen LogP) is 4.84. The normalized spacial score (nSPS) is 16.2. The van der Waals surface area contributed by atoms with Crippen LogP contribution in [0.4, 0.5) is 0 Å². The van der Waals surface area contributed by atoms with Crippen molar-refractivity contribution in [2.24, 2.45) is 5.92 Å². The zero-order valence-electron chi connectivity index (χ0n) is 22.8. The molecule has 2 aromatic rings. The largest absolute Gasteiger partial charge is 0.459 e. The van der Waals surface area contributed by atoms with Crippen molar-refractivity contribution in [2.75, 3.05) is 39.4 Å². The number of carbonyl (C=O) groups is 1. The molecule has 0 amide bonds. The second-order valence-corrected chi connectivity index (χ2v) is 13.7. The van der Waals surface area contributed by atoms with Gasteiger partial charge in [-0.25, -0.2) is 8.42 Å². The number of hydrogen-bond donors (Lipinski definition) is 0. The van der Waals surface area contributed by atoms with Crippen molar-refractivity contribution < 1.29 is 22.7 Å². The zero-order valence-corrected chi connectivity index (χ0v) is 24.4. The number of esters is 1. The Morgan fingerprint density at radius 2 is 1.73 bits per heavy atom. The smallest absolute Gasteiger partial charge is 0.325 e. The maximum atomic E-state index is 14.0. The lowest BCUT2D eigenvalue weighted by Crippen LogP contribution is -2.53. The van der Waals surface area contributed by atoms with Crippen molar-refractivity contribution in [1.29, 1.82) is 0 Å². The molecule has 37 heavy (non-hydrogen) atoms. The minimum absolute atomic E-state index is 0.164. The summed E-state index contributed by atoms with van der Waals surface area (Å²) in [6, 6.07) is 14.1. The molecule has 0 spiro atoms. The van der Waals surface area contributed by atoms with Crippen LogP contribution in [0, 0.1) is 12.8 Å². The van der Waals surface area contributed by atoms with Crippen LogP contribution >= 0.6 is 11.8 Å². The van der Waals surface area contributed by atoms with Crippen LogP contribution < -0.4 is 0 Å². The van der Waals surface area contributed by atoms with Crippen molar-refractivity contribution in [3.05, 3.63) is 54.1 Å². The van der Waals surface area contributed by atoms with E-state index in [4.69, 9.17) is 9.47 Å². The van der Waals surface area contributed by atoms with Gasteiger partial charge in [0.1, 0.15) is 11.6 Å². The molecule has 3 rings (SSSR count). The lowest BCUT2D eigenvalue weighted by atomic mass is 10.0. The summed E-state index contributed by atoms with van der Waals surface area (Å²) in [5.41, 5.74) is 0.445. The molecule has 0 N–H and O–H groups in total. The first-order valence-electron chi connectivity index (χ1n) is 12.8. The van der Waals surface area contributed by atoms with Crippen molar-refractivity contribution in [3.63, 3.8) is 0 Å². The van der Waals surface area contributed by atoms with Gasteiger partial charge in [0, 0.05) is 36.0 Å². The number of ether oxygens (including phenoxy) is 2. The van der Waals surface area contributed by atoms with Gasteiger partial charge < -0.3 is 9.47 Å². The highest BCUT2D eigenvalue weighted by atomic mass is 32.2. The van der Waals surface area contributed by atoms with E-state index in [1.165, 1.54) is 9.87 Å². The number of carbonyl (C=O) groups excluding carboxylic acids is 1. The van der Waals surface area contributed by atoms with Crippen LogP contribution in [0.5, 0.6) is 0 Å². The van der Waals surface area contributed by atoms with E-state index < -0.39 is 27.6 Å². The summed E-state index contributed by atoms with van der Waals surface area (Å²) in [5.74, 6) is -0.801. The Hall–Kier alpha value is -1.91. The number of nitrogens with zero attached hydrogens (tertiary/aromatic N) is 2. The van der Waals surface area contributed by atoms with Gasteiger partial charge in [0.05, 0.1) is 18.1 Å². The first kappa shape index (κ1) is 29.6. The fourth-order valence-electron chi connectivity index (χ4n) is 4.19. The molecule has 0 radical (unpaired) electrons. The van der Waals surface area contributed by atoms with Gasteiger partial charge in [0.25, 0.3) is 0 Å². The molecular formula is C28H40N2O5S2. The van der Waals surface area contributed by atoms with Gasteiger partial charge >= 0.3 is 5.97 Å². The third-order valence-electron chi connectivity index (χ3n) is 5.99. The Bertz CT molecular complexity index is 1140. The summed E-state index contributed by atoms with van der Waals surface area (Å²) in [6.45, 7) is 14.5. The molecular weight excluding hydrogens is 508 g/mol. The molecule has 2 aromatic carbocycles. The fourth-order valence-corrected chi connectivity index (χ4v) is 6.82. The van der Waals surface area contributed by atoms with E-state index in [9.17, 15) is 13.2 Å². The van der Waals surface area contributed by atoms with E-state index in [0.29, 0.717) is 19.8 Å². The van der Waals surface area contributed by atoms with Gasteiger partial charge in [-0.05, 0) is 70.0 Å². The SMILES string of the molecule is Cc1cccc(Sc2ccc(S(=O)(=O)N(CCN3CCOCC3)[C@@H](C(=O)OC(C)(C)C)C(C)C)cc2)c1. The molecule has 1 saturated heterocycles. The van der Waals surface area contributed by atoms with Crippen molar-refractivity contribution >= 4 is 27.8 Å². The van der Waals surface area contributed by atoms with Gasteiger partial charge in [0.15, 0.2) is 0 Å². The molecule has 1 heterocycles. The highest BCUT2D eigenvalue weighted by Gasteiger charge is 2.40. The number of benzene rings is 2. The second kappa shape index (κ2) is 12.8. The Balaban J connectivity index is 1.89. The maximum absolute atomic E-state index is 14.0. The zero-order chi connectivity index (χ0) is 27.2. The third kappa shape index (κ3) is 8.55. The Morgan fingerprint density at radius 1 is 1.08 bits per heavy atom. The maximum Gasteiger partial charge on any atom is 0.325 e. The van der Waals surface area contributed by atoms with Gasteiger partial charge in [-0.3, -0.25) is 9.69 Å². The highest BCUT2D eigenvalue weighted by Crippen LogP contribution is 2.30. The topological polar surface area (TPSA) is 76.2 Å². The van der Waals surface area contributed by atoms with Crippen LogP contribution in [0.1, 0.15) is 40.2 Å². The summed E-state index contributed by atoms with van der Waals surface area (Å²) in [6.07, 6.45) is 0. The standard InChI is InChI=1S/C28H40N2O5S2/c1-21(2)26(27(31)35-28(4,5)6)30(15-14-29-16-18-34-19-17-29)37(32,33)25-12-10-23(11-13-25)36-24-9-7-8-22(3)20-24/h7-13,20-21,26H,14-19H2,1-6H3/t26-/m1/s1. The van der Waals surface area contributed by atoms with E-state index >= 15 is 0 Å². The van der Waals surface area contributed by atoms with E-state index in [0.717, 1.165) is 22.9 Å². The van der Waals surface area contributed by atoms with Gasteiger partial charge in [-0.1, -0.05) is 43.3 Å². The van der Waals surface area contributed by atoms with Gasteiger partial charge in [-0.15, -0.1) is 0 Å². The minimum atomic E-state index is -3.98. The van der Waals surface area contributed by atoms with E-state index in [2.05, 4.69) is 11.0 Å². The second-order valence-electron chi connectivity index (χ2n) is 10.7. The van der Waals surface area contributed by atoms with Crippen LogP contribution in [0.25, 0.3) is 0 Å². The molecule has 9 heteroatoms. The number of morpholine rings is 1. The van der Waals surface area contributed by atoms with E-state index in [1.54, 1.807) is 44.7 Å². The van der Waals surface area contributed by atoms with Crippen LogP contribution in [0.3, 0.4) is 0 Å². The van der Waals surface area contributed by atoms with Crippen molar-refractivity contribution in [3.8, 4) is 0 Å². The molecule has 1 atom stereocenters. The molecule has 0 aromatic heterocycles. The first-order chi connectivity index (χ1) is 17.4. The molecule has 204 valence electrons. The Morgan fingerprint density at radius 3 is 2.30 bits per heavy atom. The quantitative estimate of drug-likeness (QED) is 0.394. The van der Waals surface area contributed by atoms with Crippen LogP contribution in [0.15, 0.2) is 63.2 Å². The molecule has 0 saturated carbocycles. The predicted molar refractivity (Wildman–Crippen MR) is 147 cm³/mol. The van der Waals surface area contributed by atoms with Gasteiger partial charge in [-0.2, -0.15) is 4.31 Å². The molecule has 1 fully saturated rings. The van der Waals surface area contributed by atoms with Crippen LogP contribution in [-0.2, 0) is 24.3 Å². The van der Waals surface area contributed by atoms with E-state index in [-0.39, 0.29) is 17.4 Å². The molecule has 0 unspecified atom stereocenters. The number of sulfonamides is 1. The average Bonchev–Trinajstić information content (AvgIpc) is 2.81. The molecule has 0 aliphatic carbocycles. The Kier molecular flexibility index (Phi) is 10.2. The minimum Gasteiger partial charge on any atom is -0.459 e. The third-order valence-corrected chi connectivity index (χ3v) is 8.88. The summed E-state index contributed by atoms with van der Waals surface area (Å²) in [7, 11) is -3.98. The lowest BCUT2D eigenvalue weighted by Gasteiger charge is -2.35. The summed E-state index contributed by atoms with van der Waals surface area (Å²) in [5, 5.41) is 0. The molecule has 1 aliphatic heterocycles. The van der Waals surface area contributed by atoms with E-state index in [1.807, 2.05) is 51.1 Å². The first-order valence-corrected chi connectivity index (χ1v) is 15.0. The number of hydrogen-bond acceptors (Lipinski definition) is 7. The summed E-state index contributed by atoms with van der Waals surface area (Å²) >= 11 is 1.58. The van der Waals surface area contributed by atoms with Crippen LogP contribution in [0.2, 0.25) is 0 Å². The Labute approximate surface area is 226 Å². The molecule has 1 aliphatic rings. The summed E-state index contributed by atoms with van der Waals surface area (Å²) in [4.78, 5) is 17.7. The monoisotopic (exact) mass is 548 g/mol. The van der Waals surface area contributed by atoms with Gasteiger partial charge in [0.2, 0.25) is 10.0 Å². The number of aryl methyl sites for hydroxylation is 1. The fraction of sp³-hybridized carbons (Fsp3) is 0.536. The molecule has 0 bridgehead atoms. The van der Waals surface area contributed by atoms with Crippen LogP contribution in [-0.4, -0.2) is 74.6 Å². The lowest BCUT2D eigenvalue weighted by molar-refractivity contribution is -0.161. The summed E-state index contributed by atoms with van der Waals surface area (Å²) < 4.78 is 40.5. The average molecular weight is 549 g/mol. The number of rotatable bonds is 10. The molecule has 7 nitrogen and oxygen atoms in total.